The Morgan fingerprint density at radius 1 is 0.511 bits per heavy atom. The smallest absolute Gasteiger partial charge is 0.159 e. The Bertz CT molecular complexity index is 2470. The molecule has 5 heteroatoms. The highest BCUT2D eigenvalue weighted by atomic mass is 16.3. The van der Waals surface area contributed by atoms with E-state index in [1.807, 2.05) is 60.7 Å². The van der Waals surface area contributed by atoms with Crippen LogP contribution >= 0.6 is 0 Å². The van der Waals surface area contributed by atoms with E-state index in [2.05, 4.69) is 102 Å². The van der Waals surface area contributed by atoms with Gasteiger partial charge >= 0.3 is 0 Å². The number of furan rings is 1. The largest absolute Gasteiger partial charge is 0.454 e. The van der Waals surface area contributed by atoms with Gasteiger partial charge in [0.25, 0.3) is 0 Å². The van der Waals surface area contributed by atoms with Crippen molar-refractivity contribution >= 4 is 44.6 Å². The Hall–Kier alpha value is -6.33. The van der Waals surface area contributed by atoms with E-state index in [0.717, 1.165) is 66.6 Å². The molecule has 0 radical (unpaired) electrons. The Labute approximate surface area is 271 Å². The van der Waals surface area contributed by atoms with Crippen molar-refractivity contribution in [1.82, 2.24) is 10.3 Å². The number of aliphatic imine (C=N–C) groups is 2. The second-order valence-electron chi connectivity index (χ2n) is 11.7. The summed E-state index contributed by atoms with van der Waals surface area (Å²) in [6.45, 7) is 0. The topological polar surface area (TPSA) is 62.8 Å². The number of nitrogens with one attached hydrogen (secondary N) is 1. The number of hydrogen-bond donors (Lipinski definition) is 1. The molecule has 0 saturated carbocycles. The number of pyridine rings is 1. The van der Waals surface area contributed by atoms with Crippen LogP contribution in [0.1, 0.15) is 22.9 Å². The van der Waals surface area contributed by atoms with Gasteiger partial charge in [0.15, 0.2) is 11.4 Å². The van der Waals surface area contributed by atoms with Gasteiger partial charge in [-0.1, -0.05) is 133 Å². The van der Waals surface area contributed by atoms with Crippen LogP contribution in [0, 0.1) is 0 Å². The van der Waals surface area contributed by atoms with Crippen LogP contribution in [0.5, 0.6) is 0 Å². The zero-order valence-electron chi connectivity index (χ0n) is 25.3. The second-order valence-corrected chi connectivity index (χ2v) is 11.7. The standard InChI is InChI=1S/C42H28N4O/c1-4-12-27(13-5-1)28-20-22-29(23-21-28)33-24-34(38-36(26-33)47-37-25-32-18-10-11-19-35(32)43-39(37)38)42-45-40(30-14-6-2-7-15-30)44-41(46-42)31-16-8-3-9-17-31/h1-26,42H,(H,44,45,46). The van der Waals surface area contributed by atoms with Gasteiger partial charge in [0.2, 0.25) is 0 Å². The van der Waals surface area contributed by atoms with Gasteiger partial charge in [0, 0.05) is 22.1 Å². The molecular weight excluding hydrogens is 576 g/mol. The third kappa shape index (κ3) is 4.95. The van der Waals surface area contributed by atoms with Crippen LogP contribution in [0.2, 0.25) is 0 Å². The number of hydrogen-bond acceptors (Lipinski definition) is 5. The van der Waals surface area contributed by atoms with Crippen molar-refractivity contribution in [1.29, 1.82) is 0 Å². The van der Waals surface area contributed by atoms with E-state index < -0.39 is 6.17 Å². The van der Waals surface area contributed by atoms with Gasteiger partial charge in [-0.2, -0.15) is 0 Å². The molecule has 6 aromatic carbocycles. The van der Waals surface area contributed by atoms with Gasteiger partial charge in [-0.05, 0) is 46.5 Å². The molecule has 0 spiro atoms. The molecule has 0 amide bonds. The average Bonchev–Trinajstić information content (AvgIpc) is 3.51. The third-order valence-corrected chi connectivity index (χ3v) is 8.72. The molecule has 47 heavy (non-hydrogen) atoms. The summed E-state index contributed by atoms with van der Waals surface area (Å²) in [6.07, 6.45) is -0.446. The fourth-order valence-electron chi connectivity index (χ4n) is 6.38. The lowest BCUT2D eigenvalue weighted by atomic mass is 9.96. The van der Waals surface area contributed by atoms with E-state index in [-0.39, 0.29) is 0 Å². The van der Waals surface area contributed by atoms with Crippen LogP contribution in [-0.2, 0) is 0 Å². The van der Waals surface area contributed by atoms with E-state index in [0.29, 0.717) is 5.84 Å². The highest BCUT2D eigenvalue weighted by Gasteiger charge is 2.26. The minimum Gasteiger partial charge on any atom is -0.454 e. The van der Waals surface area contributed by atoms with Gasteiger partial charge in [-0.25, -0.2) is 15.0 Å². The van der Waals surface area contributed by atoms with Gasteiger partial charge in [0.05, 0.1) is 10.9 Å². The molecule has 1 atom stereocenters. The predicted molar refractivity (Wildman–Crippen MR) is 192 cm³/mol. The van der Waals surface area contributed by atoms with Crippen molar-refractivity contribution in [2.45, 2.75) is 6.17 Å². The fourth-order valence-corrected chi connectivity index (χ4v) is 6.38. The van der Waals surface area contributed by atoms with Crippen molar-refractivity contribution < 1.29 is 4.42 Å². The number of fused-ring (bicyclic) bond motifs is 4. The lowest BCUT2D eigenvalue weighted by Crippen LogP contribution is -2.33. The van der Waals surface area contributed by atoms with E-state index in [1.165, 1.54) is 11.1 Å². The number of rotatable bonds is 5. The maximum atomic E-state index is 6.60. The Balaban J connectivity index is 1.26. The maximum Gasteiger partial charge on any atom is 0.159 e. The quantitative estimate of drug-likeness (QED) is 0.213. The normalized spacial score (nSPS) is 14.6. The maximum absolute atomic E-state index is 6.60. The van der Waals surface area contributed by atoms with Crippen LogP contribution in [0.4, 0.5) is 0 Å². The zero-order valence-corrected chi connectivity index (χ0v) is 25.3. The summed E-state index contributed by atoms with van der Waals surface area (Å²) in [7, 11) is 0. The first-order chi connectivity index (χ1) is 23.3. The molecule has 3 heterocycles. The first kappa shape index (κ1) is 27.0. The van der Waals surface area contributed by atoms with E-state index in [1.54, 1.807) is 0 Å². The van der Waals surface area contributed by atoms with Crippen LogP contribution < -0.4 is 5.32 Å². The molecule has 2 aromatic heterocycles. The van der Waals surface area contributed by atoms with Gasteiger partial charge in [-0.3, -0.25) is 0 Å². The highest BCUT2D eigenvalue weighted by Crippen LogP contribution is 2.39. The highest BCUT2D eigenvalue weighted by molar-refractivity contribution is 6.14. The summed E-state index contributed by atoms with van der Waals surface area (Å²) >= 11 is 0. The number of amidine groups is 2. The first-order valence-corrected chi connectivity index (χ1v) is 15.7. The van der Waals surface area contributed by atoms with Crippen LogP contribution in [0.15, 0.2) is 172 Å². The summed E-state index contributed by atoms with van der Waals surface area (Å²) in [5.74, 6) is 1.44. The molecule has 0 saturated heterocycles. The Morgan fingerprint density at radius 2 is 1.11 bits per heavy atom. The van der Waals surface area contributed by atoms with Crippen LogP contribution in [0.3, 0.4) is 0 Å². The van der Waals surface area contributed by atoms with Gasteiger partial charge < -0.3 is 9.73 Å². The molecule has 1 aliphatic rings. The van der Waals surface area contributed by atoms with Crippen LogP contribution in [0.25, 0.3) is 55.2 Å². The molecule has 1 aliphatic heterocycles. The molecule has 5 nitrogen and oxygen atoms in total. The lowest BCUT2D eigenvalue weighted by Gasteiger charge is -2.24. The number of aromatic nitrogens is 1. The third-order valence-electron chi connectivity index (χ3n) is 8.72. The zero-order chi connectivity index (χ0) is 31.2. The monoisotopic (exact) mass is 604 g/mol. The Morgan fingerprint density at radius 3 is 1.83 bits per heavy atom. The second kappa shape index (κ2) is 11.2. The number of nitrogens with zero attached hydrogens (tertiary/aromatic N) is 3. The number of benzene rings is 6. The summed E-state index contributed by atoms with van der Waals surface area (Å²) in [4.78, 5) is 15.4. The SMILES string of the molecule is c1ccc(C2=NC(c3cc(-c4ccc(-c5ccccc5)cc4)cc4oc5cc6ccccc6nc5c34)NC(c3ccccc3)=N2)cc1. The molecule has 0 fully saturated rings. The Kier molecular flexibility index (Phi) is 6.46. The van der Waals surface area contributed by atoms with Crippen molar-refractivity contribution in [3.8, 4) is 22.3 Å². The summed E-state index contributed by atoms with van der Waals surface area (Å²) in [5, 5.41) is 5.65. The van der Waals surface area contributed by atoms with Crippen LogP contribution in [-0.4, -0.2) is 16.7 Å². The van der Waals surface area contributed by atoms with E-state index >= 15 is 0 Å². The summed E-state index contributed by atoms with van der Waals surface area (Å²) < 4.78 is 6.60. The summed E-state index contributed by atoms with van der Waals surface area (Å²) in [5.41, 5.74) is 10.7. The lowest BCUT2D eigenvalue weighted by molar-refractivity contribution is 0.662. The molecule has 0 bridgehead atoms. The molecule has 9 rings (SSSR count). The summed E-state index contributed by atoms with van der Waals surface area (Å²) in [6, 6.07) is 54.1. The average molecular weight is 605 g/mol. The van der Waals surface area contributed by atoms with Crippen molar-refractivity contribution in [2.75, 3.05) is 0 Å². The van der Waals surface area contributed by atoms with Gasteiger partial charge in [0.1, 0.15) is 23.1 Å². The molecular formula is C42H28N4O. The van der Waals surface area contributed by atoms with E-state index in [4.69, 9.17) is 19.4 Å². The molecule has 1 N–H and O–H groups in total. The van der Waals surface area contributed by atoms with Crippen molar-refractivity contribution in [2.24, 2.45) is 9.98 Å². The molecule has 1 unspecified atom stereocenters. The van der Waals surface area contributed by atoms with E-state index in [9.17, 15) is 0 Å². The van der Waals surface area contributed by atoms with Gasteiger partial charge in [-0.15, -0.1) is 0 Å². The van der Waals surface area contributed by atoms with Crippen molar-refractivity contribution in [3.63, 3.8) is 0 Å². The minimum absolute atomic E-state index is 0.446. The predicted octanol–water partition coefficient (Wildman–Crippen LogP) is 9.96. The van der Waals surface area contributed by atoms with Crippen molar-refractivity contribution in [3.05, 3.63) is 174 Å². The molecule has 222 valence electrons. The number of para-hydroxylation sites is 1. The first-order valence-electron chi connectivity index (χ1n) is 15.7. The molecule has 0 aliphatic carbocycles. The fraction of sp³-hybridized carbons (Fsp3) is 0.0238. The molecule has 8 aromatic rings. The minimum atomic E-state index is -0.446.